The summed E-state index contributed by atoms with van der Waals surface area (Å²) in [6.07, 6.45) is 0. The number of anilines is 1. The minimum absolute atomic E-state index is 0.0728. The predicted molar refractivity (Wildman–Crippen MR) is 78.9 cm³/mol. The fourth-order valence-electron chi connectivity index (χ4n) is 1.77. The molecule has 2 aromatic carbocycles. The number of hydrogen-bond donors (Lipinski definition) is 3. The lowest BCUT2D eigenvalue weighted by molar-refractivity contribution is 0.0698. The summed E-state index contributed by atoms with van der Waals surface area (Å²) in [5.74, 6) is -1.10. The van der Waals surface area contributed by atoms with Gasteiger partial charge >= 0.3 is 5.97 Å². The molecule has 20 heavy (non-hydrogen) atoms. The number of rotatable bonds is 4. The first-order chi connectivity index (χ1) is 9.49. The van der Waals surface area contributed by atoms with Crippen LogP contribution in [-0.4, -0.2) is 16.2 Å². The second kappa shape index (κ2) is 6.03. The molecule has 0 heterocycles. The second-order valence-corrected chi connectivity index (χ2v) is 4.94. The van der Waals surface area contributed by atoms with E-state index in [1.54, 1.807) is 24.3 Å². The van der Waals surface area contributed by atoms with Crippen molar-refractivity contribution in [2.45, 2.75) is 6.54 Å². The fourth-order valence-corrected chi connectivity index (χ4v) is 2.30. The number of carboxylic acid groups (broad SMARTS) is 1. The summed E-state index contributed by atoms with van der Waals surface area (Å²) >= 11 is 11.7. The van der Waals surface area contributed by atoms with Gasteiger partial charge in [0.05, 0.1) is 10.6 Å². The molecule has 6 heteroatoms. The van der Waals surface area contributed by atoms with Crippen LogP contribution >= 0.6 is 23.2 Å². The molecule has 0 radical (unpaired) electrons. The topological polar surface area (TPSA) is 69.6 Å². The lowest BCUT2D eigenvalue weighted by Gasteiger charge is -2.11. The van der Waals surface area contributed by atoms with E-state index >= 15 is 0 Å². The molecule has 0 aliphatic rings. The number of phenols is 1. The van der Waals surface area contributed by atoms with Crippen molar-refractivity contribution in [3.05, 3.63) is 57.6 Å². The zero-order valence-electron chi connectivity index (χ0n) is 10.2. The summed E-state index contributed by atoms with van der Waals surface area (Å²) in [6, 6.07) is 9.51. The highest BCUT2D eigenvalue weighted by Gasteiger charge is 2.11. The van der Waals surface area contributed by atoms with E-state index in [0.29, 0.717) is 16.3 Å². The Morgan fingerprint density at radius 1 is 1.20 bits per heavy atom. The van der Waals surface area contributed by atoms with Gasteiger partial charge in [-0.2, -0.15) is 0 Å². The van der Waals surface area contributed by atoms with Crippen molar-refractivity contribution in [1.29, 1.82) is 0 Å². The molecule has 2 aromatic rings. The maximum Gasteiger partial charge on any atom is 0.337 e. The van der Waals surface area contributed by atoms with Crippen LogP contribution in [0.15, 0.2) is 36.4 Å². The van der Waals surface area contributed by atoms with Crippen LogP contribution in [0.4, 0.5) is 5.69 Å². The third-order valence-corrected chi connectivity index (χ3v) is 3.24. The Morgan fingerprint density at radius 2 is 1.90 bits per heavy atom. The molecule has 0 atom stereocenters. The normalized spacial score (nSPS) is 10.3. The molecular formula is C14H11Cl2NO3. The highest BCUT2D eigenvalue weighted by molar-refractivity contribution is 6.35. The Morgan fingerprint density at radius 3 is 2.60 bits per heavy atom. The number of benzene rings is 2. The first-order valence-corrected chi connectivity index (χ1v) is 6.47. The summed E-state index contributed by atoms with van der Waals surface area (Å²) in [5, 5.41) is 22.4. The molecule has 104 valence electrons. The predicted octanol–water partition coefficient (Wildman–Crippen LogP) is 4.01. The SMILES string of the molecule is O=C(O)c1ccccc1NCc1cc(Cl)cc(Cl)c1O. The number of phenolic OH excluding ortho intramolecular Hbond substituents is 1. The van der Waals surface area contributed by atoms with Gasteiger partial charge in [0.15, 0.2) is 0 Å². The lowest BCUT2D eigenvalue weighted by Crippen LogP contribution is -2.06. The number of aromatic carboxylic acids is 1. The van der Waals surface area contributed by atoms with Crippen LogP contribution in [0.3, 0.4) is 0 Å². The Bertz CT molecular complexity index is 659. The van der Waals surface area contributed by atoms with Crippen LogP contribution in [0.1, 0.15) is 15.9 Å². The van der Waals surface area contributed by atoms with E-state index in [0.717, 1.165) is 0 Å². The number of halogens is 2. The van der Waals surface area contributed by atoms with E-state index in [2.05, 4.69) is 5.32 Å². The van der Waals surface area contributed by atoms with Gasteiger partial charge < -0.3 is 15.5 Å². The second-order valence-electron chi connectivity index (χ2n) is 4.10. The van der Waals surface area contributed by atoms with Crippen LogP contribution < -0.4 is 5.32 Å². The van der Waals surface area contributed by atoms with Crippen LogP contribution in [-0.2, 0) is 6.54 Å². The van der Waals surface area contributed by atoms with Crippen LogP contribution in [0.2, 0.25) is 10.0 Å². The van der Waals surface area contributed by atoms with Crippen LogP contribution in [0.25, 0.3) is 0 Å². The maximum absolute atomic E-state index is 11.1. The van der Waals surface area contributed by atoms with E-state index in [4.69, 9.17) is 28.3 Å². The molecule has 0 saturated heterocycles. The Kier molecular flexibility index (Phi) is 4.37. The third-order valence-electron chi connectivity index (χ3n) is 2.73. The van der Waals surface area contributed by atoms with E-state index in [1.807, 2.05) is 0 Å². The quantitative estimate of drug-likeness (QED) is 0.798. The van der Waals surface area contributed by atoms with E-state index < -0.39 is 5.97 Å². The molecule has 0 saturated carbocycles. The van der Waals surface area contributed by atoms with Crippen molar-refractivity contribution >= 4 is 34.9 Å². The van der Waals surface area contributed by atoms with E-state index in [9.17, 15) is 9.90 Å². The van der Waals surface area contributed by atoms with Gasteiger partial charge in [0.25, 0.3) is 0 Å². The molecule has 0 amide bonds. The number of carbonyl (C=O) groups is 1. The Labute approximate surface area is 125 Å². The molecule has 3 N–H and O–H groups in total. The zero-order chi connectivity index (χ0) is 14.7. The molecule has 4 nitrogen and oxygen atoms in total. The largest absolute Gasteiger partial charge is 0.506 e. The number of aromatic hydroxyl groups is 1. The minimum atomic E-state index is -1.03. The van der Waals surface area contributed by atoms with Gasteiger partial charge in [0, 0.05) is 22.8 Å². The van der Waals surface area contributed by atoms with Gasteiger partial charge in [0.2, 0.25) is 0 Å². The molecule has 0 spiro atoms. The zero-order valence-corrected chi connectivity index (χ0v) is 11.7. The summed E-state index contributed by atoms with van der Waals surface area (Å²) in [7, 11) is 0. The van der Waals surface area contributed by atoms with Crippen molar-refractivity contribution < 1.29 is 15.0 Å². The average Bonchev–Trinajstić information content (AvgIpc) is 2.41. The third kappa shape index (κ3) is 3.15. The number of hydrogen-bond acceptors (Lipinski definition) is 3. The van der Waals surface area contributed by atoms with Crippen LogP contribution in [0.5, 0.6) is 5.75 Å². The first-order valence-electron chi connectivity index (χ1n) is 5.72. The Balaban J connectivity index is 2.24. The van der Waals surface area contributed by atoms with Crippen molar-refractivity contribution in [3.8, 4) is 5.75 Å². The van der Waals surface area contributed by atoms with Gasteiger partial charge in [-0.05, 0) is 24.3 Å². The Hall–Kier alpha value is -1.91. The molecule has 0 bridgehead atoms. The number of nitrogens with one attached hydrogen (secondary N) is 1. The van der Waals surface area contributed by atoms with Gasteiger partial charge in [0.1, 0.15) is 5.75 Å². The first kappa shape index (κ1) is 14.5. The fraction of sp³-hybridized carbons (Fsp3) is 0.0714. The minimum Gasteiger partial charge on any atom is -0.506 e. The van der Waals surface area contributed by atoms with Crippen molar-refractivity contribution in [2.75, 3.05) is 5.32 Å². The lowest BCUT2D eigenvalue weighted by atomic mass is 10.1. The smallest absolute Gasteiger partial charge is 0.337 e. The van der Waals surface area contributed by atoms with Gasteiger partial charge in [-0.25, -0.2) is 4.79 Å². The van der Waals surface area contributed by atoms with Gasteiger partial charge in [-0.3, -0.25) is 0 Å². The summed E-state index contributed by atoms with van der Waals surface area (Å²) in [4.78, 5) is 11.1. The van der Waals surface area contributed by atoms with Crippen molar-refractivity contribution in [2.24, 2.45) is 0 Å². The van der Waals surface area contributed by atoms with Crippen LogP contribution in [0, 0.1) is 0 Å². The molecule has 0 aromatic heterocycles. The standard InChI is InChI=1S/C14H11Cl2NO3/c15-9-5-8(13(18)11(16)6-9)7-17-12-4-2-1-3-10(12)14(19)20/h1-6,17-18H,7H2,(H,19,20). The van der Waals surface area contributed by atoms with E-state index in [1.165, 1.54) is 12.1 Å². The summed E-state index contributed by atoms with van der Waals surface area (Å²) in [5.41, 5.74) is 1.10. The highest BCUT2D eigenvalue weighted by Crippen LogP contribution is 2.31. The van der Waals surface area contributed by atoms with E-state index in [-0.39, 0.29) is 22.9 Å². The summed E-state index contributed by atoms with van der Waals surface area (Å²) in [6.45, 7) is 0.205. The molecule has 2 rings (SSSR count). The molecule has 0 unspecified atom stereocenters. The van der Waals surface area contributed by atoms with Crippen molar-refractivity contribution in [1.82, 2.24) is 0 Å². The monoisotopic (exact) mass is 311 g/mol. The number of carboxylic acids is 1. The average molecular weight is 312 g/mol. The molecule has 0 fully saturated rings. The van der Waals surface area contributed by atoms with Crippen molar-refractivity contribution in [3.63, 3.8) is 0 Å². The molecule has 0 aliphatic carbocycles. The van der Waals surface area contributed by atoms with Gasteiger partial charge in [-0.1, -0.05) is 35.3 Å². The maximum atomic E-state index is 11.1. The highest BCUT2D eigenvalue weighted by atomic mass is 35.5. The van der Waals surface area contributed by atoms with Gasteiger partial charge in [-0.15, -0.1) is 0 Å². The molecular weight excluding hydrogens is 301 g/mol. The summed E-state index contributed by atoms with van der Waals surface area (Å²) < 4.78 is 0. The number of para-hydroxylation sites is 1. The molecule has 0 aliphatic heterocycles.